The summed E-state index contributed by atoms with van der Waals surface area (Å²) in [5.41, 5.74) is 1.83. The summed E-state index contributed by atoms with van der Waals surface area (Å²) < 4.78 is 8.22. The predicted molar refractivity (Wildman–Crippen MR) is 82.1 cm³/mol. The molecule has 0 fully saturated rings. The molecule has 2 N–H and O–H groups in total. The molecule has 0 bridgehead atoms. The van der Waals surface area contributed by atoms with E-state index >= 15 is 0 Å². The molecule has 0 amide bonds. The third-order valence-corrected chi connectivity index (χ3v) is 3.27. The van der Waals surface area contributed by atoms with Crippen molar-refractivity contribution in [1.29, 1.82) is 0 Å². The molecule has 2 aromatic rings. The van der Waals surface area contributed by atoms with Gasteiger partial charge < -0.3 is 15.2 Å². The van der Waals surface area contributed by atoms with Crippen molar-refractivity contribution in [2.24, 2.45) is 7.05 Å². The van der Waals surface area contributed by atoms with E-state index in [0.717, 1.165) is 21.6 Å². The SMILES string of the molecule is Cc1nn(C)cc1NCC(O)COc1cccc(Br)c1. The first kappa shape index (κ1) is 14.9. The molecule has 0 aliphatic heterocycles. The summed E-state index contributed by atoms with van der Waals surface area (Å²) >= 11 is 3.38. The molecule has 0 spiro atoms. The minimum absolute atomic E-state index is 0.239. The van der Waals surface area contributed by atoms with Crippen LogP contribution in [-0.2, 0) is 7.05 Å². The summed E-state index contributed by atoms with van der Waals surface area (Å²) in [7, 11) is 1.87. The van der Waals surface area contributed by atoms with Crippen molar-refractivity contribution < 1.29 is 9.84 Å². The second-order valence-electron chi connectivity index (χ2n) is 4.60. The lowest BCUT2D eigenvalue weighted by Gasteiger charge is -2.13. The Labute approximate surface area is 126 Å². The van der Waals surface area contributed by atoms with Crippen LogP contribution in [0.25, 0.3) is 0 Å². The van der Waals surface area contributed by atoms with E-state index < -0.39 is 6.10 Å². The highest BCUT2D eigenvalue weighted by Gasteiger charge is 2.08. The quantitative estimate of drug-likeness (QED) is 0.848. The maximum atomic E-state index is 9.91. The molecule has 1 aromatic heterocycles. The number of aromatic nitrogens is 2. The highest BCUT2D eigenvalue weighted by Crippen LogP contribution is 2.18. The molecule has 0 aliphatic carbocycles. The number of benzene rings is 1. The van der Waals surface area contributed by atoms with E-state index in [-0.39, 0.29) is 6.61 Å². The number of nitrogens with zero attached hydrogens (tertiary/aromatic N) is 2. The number of ether oxygens (including phenoxy) is 1. The minimum atomic E-state index is -0.589. The monoisotopic (exact) mass is 339 g/mol. The summed E-state index contributed by atoms with van der Waals surface area (Å²) in [6.07, 6.45) is 1.30. The molecule has 20 heavy (non-hydrogen) atoms. The molecule has 6 heteroatoms. The lowest BCUT2D eigenvalue weighted by Crippen LogP contribution is -2.26. The van der Waals surface area contributed by atoms with Crippen molar-refractivity contribution >= 4 is 21.6 Å². The van der Waals surface area contributed by atoms with Gasteiger partial charge in [-0.3, -0.25) is 4.68 Å². The summed E-state index contributed by atoms with van der Waals surface area (Å²) in [5, 5.41) is 17.3. The molecule has 1 unspecified atom stereocenters. The van der Waals surface area contributed by atoms with Gasteiger partial charge in [-0.1, -0.05) is 22.0 Å². The van der Waals surface area contributed by atoms with Gasteiger partial charge in [-0.15, -0.1) is 0 Å². The molecule has 108 valence electrons. The molecule has 1 heterocycles. The van der Waals surface area contributed by atoms with Gasteiger partial charge >= 0.3 is 0 Å². The first-order valence-electron chi connectivity index (χ1n) is 6.35. The van der Waals surface area contributed by atoms with E-state index in [1.807, 2.05) is 44.4 Å². The van der Waals surface area contributed by atoms with Crippen LogP contribution in [0, 0.1) is 6.92 Å². The lowest BCUT2D eigenvalue weighted by molar-refractivity contribution is 0.117. The fourth-order valence-electron chi connectivity index (χ4n) is 1.81. The van der Waals surface area contributed by atoms with Crippen LogP contribution in [0.1, 0.15) is 5.69 Å². The Kier molecular flexibility index (Phi) is 5.03. The standard InChI is InChI=1S/C14H18BrN3O2/c1-10-14(8-18(2)17-10)16-7-12(19)9-20-13-5-3-4-11(15)6-13/h3-6,8,12,16,19H,7,9H2,1-2H3. The van der Waals surface area contributed by atoms with E-state index in [1.54, 1.807) is 4.68 Å². The number of hydrogen-bond acceptors (Lipinski definition) is 4. The smallest absolute Gasteiger partial charge is 0.120 e. The Morgan fingerprint density at radius 1 is 1.50 bits per heavy atom. The van der Waals surface area contributed by atoms with Crippen molar-refractivity contribution in [2.75, 3.05) is 18.5 Å². The van der Waals surface area contributed by atoms with Gasteiger partial charge in [-0.05, 0) is 25.1 Å². The average Bonchev–Trinajstić information content (AvgIpc) is 2.72. The van der Waals surface area contributed by atoms with Crippen LogP contribution in [0.5, 0.6) is 5.75 Å². The van der Waals surface area contributed by atoms with E-state index in [4.69, 9.17) is 4.74 Å². The third kappa shape index (κ3) is 4.25. The highest BCUT2D eigenvalue weighted by atomic mass is 79.9. The largest absolute Gasteiger partial charge is 0.491 e. The van der Waals surface area contributed by atoms with Crippen LogP contribution in [0.4, 0.5) is 5.69 Å². The molecule has 0 saturated carbocycles. The molecule has 2 rings (SSSR count). The summed E-state index contributed by atoms with van der Waals surface area (Å²) in [6, 6.07) is 7.54. The zero-order valence-corrected chi connectivity index (χ0v) is 13.1. The molecule has 0 aliphatic rings. The maximum Gasteiger partial charge on any atom is 0.120 e. The number of aliphatic hydroxyl groups excluding tert-OH is 1. The van der Waals surface area contributed by atoms with Crippen molar-refractivity contribution in [3.8, 4) is 5.75 Å². The fraction of sp³-hybridized carbons (Fsp3) is 0.357. The molecular weight excluding hydrogens is 322 g/mol. The Bertz CT molecular complexity index is 571. The second kappa shape index (κ2) is 6.76. The molecule has 1 aromatic carbocycles. The topological polar surface area (TPSA) is 59.3 Å². The molecule has 5 nitrogen and oxygen atoms in total. The van der Waals surface area contributed by atoms with E-state index in [1.165, 1.54) is 0 Å². The Balaban J connectivity index is 1.78. The van der Waals surface area contributed by atoms with Crippen LogP contribution in [0.3, 0.4) is 0 Å². The first-order chi connectivity index (χ1) is 9.54. The van der Waals surface area contributed by atoms with Gasteiger partial charge in [-0.25, -0.2) is 0 Å². The highest BCUT2D eigenvalue weighted by molar-refractivity contribution is 9.10. The van der Waals surface area contributed by atoms with Crippen LogP contribution in [0.2, 0.25) is 0 Å². The molecule has 0 saturated heterocycles. The van der Waals surface area contributed by atoms with Gasteiger partial charge in [0.2, 0.25) is 0 Å². The maximum absolute atomic E-state index is 9.91. The van der Waals surface area contributed by atoms with Crippen molar-refractivity contribution in [1.82, 2.24) is 9.78 Å². The Morgan fingerprint density at radius 3 is 2.95 bits per heavy atom. The predicted octanol–water partition coefficient (Wildman–Crippen LogP) is 2.34. The van der Waals surface area contributed by atoms with E-state index in [2.05, 4.69) is 26.3 Å². The van der Waals surface area contributed by atoms with Gasteiger partial charge in [-0.2, -0.15) is 5.10 Å². The zero-order chi connectivity index (χ0) is 14.5. The Morgan fingerprint density at radius 2 is 2.30 bits per heavy atom. The number of anilines is 1. The zero-order valence-electron chi connectivity index (χ0n) is 11.5. The van der Waals surface area contributed by atoms with Gasteiger partial charge in [0, 0.05) is 24.3 Å². The van der Waals surface area contributed by atoms with Gasteiger partial charge in [0.15, 0.2) is 0 Å². The lowest BCUT2D eigenvalue weighted by atomic mass is 10.3. The molecule has 1 atom stereocenters. The number of rotatable bonds is 6. The summed E-state index contributed by atoms with van der Waals surface area (Å²) in [5.74, 6) is 0.732. The van der Waals surface area contributed by atoms with E-state index in [0.29, 0.717) is 6.54 Å². The number of nitrogens with one attached hydrogen (secondary N) is 1. The van der Waals surface area contributed by atoms with E-state index in [9.17, 15) is 5.11 Å². The number of aryl methyl sites for hydroxylation is 2. The summed E-state index contributed by atoms with van der Waals surface area (Å²) in [6.45, 7) is 2.58. The van der Waals surface area contributed by atoms with Crippen LogP contribution < -0.4 is 10.1 Å². The number of aliphatic hydroxyl groups is 1. The van der Waals surface area contributed by atoms with Crippen molar-refractivity contribution in [3.63, 3.8) is 0 Å². The van der Waals surface area contributed by atoms with Crippen LogP contribution >= 0.6 is 15.9 Å². The van der Waals surface area contributed by atoms with Gasteiger partial charge in [0.25, 0.3) is 0 Å². The van der Waals surface area contributed by atoms with Gasteiger partial charge in [0.05, 0.1) is 11.4 Å². The van der Waals surface area contributed by atoms with Crippen molar-refractivity contribution in [2.45, 2.75) is 13.0 Å². The number of halogens is 1. The van der Waals surface area contributed by atoms with Crippen LogP contribution in [0.15, 0.2) is 34.9 Å². The molecule has 0 radical (unpaired) electrons. The van der Waals surface area contributed by atoms with Crippen LogP contribution in [-0.4, -0.2) is 34.1 Å². The minimum Gasteiger partial charge on any atom is -0.491 e. The fourth-order valence-corrected chi connectivity index (χ4v) is 2.19. The van der Waals surface area contributed by atoms with Gasteiger partial charge in [0.1, 0.15) is 18.5 Å². The Hall–Kier alpha value is -1.53. The van der Waals surface area contributed by atoms with Crippen molar-refractivity contribution in [3.05, 3.63) is 40.6 Å². The second-order valence-corrected chi connectivity index (χ2v) is 5.52. The average molecular weight is 340 g/mol. The first-order valence-corrected chi connectivity index (χ1v) is 7.14. The number of hydrogen-bond donors (Lipinski definition) is 2. The third-order valence-electron chi connectivity index (χ3n) is 2.78. The molecular formula is C14H18BrN3O2. The summed E-state index contributed by atoms with van der Waals surface area (Å²) in [4.78, 5) is 0. The normalized spacial score (nSPS) is 12.2.